The second kappa shape index (κ2) is 9.25. The Morgan fingerprint density at radius 1 is 1.03 bits per heavy atom. The zero-order valence-electron chi connectivity index (χ0n) is 18.7. The number of methoxy groups -OCH3 is 2. The third-order valence-electron chi connectivity index (χ3n) is 5.72. The van der Waals surface area contributed by atoms with Crippen molar-refractivity contribution in [2.24, 2.45) is 0 Å². The Bertz CT molecular complexity index is 1020. The van der Waals surface area contributed by atoms with Crippen LogP contribution in [0.25, 0.3) is 5.76 Å². The zero-order valence-corrected chi connectivity index (χ0v) is 18.7. The highest BCUT2D eigenvalue weighted by molar-refractivity contribution is 6.46. The number of rotatable bonds is 7. The molecule has 31 heavy (non-hydrogen) atoms. The van der Waals surface area contributed by atoms with Crippen molar-refractivity contribution in [3.05, 3.63) is 64.2 Å². The molecule has 0 saturated carbocycles. The molecule has 2 aromatic carbocycles. The second-order valence-electron chi connectivity index (χ2n) is 7.76. The summed E-state index contributed by atoms with van der Waals surface area (Å²) in [6, 6.07) is 10.2. The van der Waals surface area contributed by atoms with Crippen LogP contribution in [-0.2, 0) is 9.59 Å². The molecule has 0 radical (unpaired) electrons. The molecule has 1 fully saturated rings. The number of unbranched alkanes of at least 4 members (excludes halogenated alkanes) is 1. The summed E-state index contributed by atoms with van der Waals surface area (Å²) in [6.07, 6.45) is 1.65. The van der Waals surface area contributed by atoms with E-state index in [2.05, 4.69) is 0 Å². The summed E-state index contributed by atoms with van der Waals surface area (Å²) in [4.78, 5) is 27.5. The molecule has 164 valence electrons. The lowest BCUT2D eigenvalue weighted by Crippen LogP contribution is -2.30. The fourth-order valence-corrected chi connectivity index (χ4v) is 3.98. The third-order valence-corrected chi connectivity index (χ3v) is 5.72. The van der Waals surface area contributed by atoms with Gasteiger partial charge in [-0.05, 0) is 61.2 Å². The van der Waals surface area contributed by atoms with Crippen molar-refractivity contribution in [2.45, 2.75) is 39.7 Å². The number of aryl methyl sites for hydroxylation is 2. The number of likely N-dealkylation sites (tertiary alicyclic amines) is 1. The van der Waals surface area contributed by atoms with Crippen LogP contribution in [0, 0.1) is 13.8 Å². The number of benzene rings is 2. The van der Waals surface area contributed by atoms with Crippen molar-refractivity contribution < 1.29 is 24.2 Å². The van der Waals surface area contributed by atoms with Gasteiger partial charge in [-0.15, -0.1) is 0 Å². The van der Waals surface area contributed by atoms with Crippen molar-refractivity contribution in [1.29, 1.82) is 0 Å². The number of hydrogen-bond donors (Lipinski definition) is 1. The fourth-order valence-electron chi connectivity index (χ4n) is 3.98. The summed E-state index contributed by atoms with van der Waals surface area (Å²) in [7, 11) is 3.17. The van der Waals surface area contributed by atoms with E-state index in [1.807, 2.05) is 39.0 Å². The Labute approximate surface area is 183 Å². The number of ketones is 1. The van der Waals surface area contributed by atoms with Crippen molar-refractivity contribution in [3.63, 3.8) is 0 Å². The van der Waals surface area contributed by atoms with E-state index in [1.54, 1.807) is 37.3 Å². The first-order valence-corrected chi connectivity index (χ1v) is 10.4. The highest BCUT2D eigenvalue weighted by Gasteiger charge is 2.45. The van der Waals surface area contributed by atoms with Gasteiger partial charge in [-0.3, -0.25) is 9.59 Å². The maximum absolute atomic E-state index is 13.1. The molecule has 0 bridgehead atoms. The largest absolute Gasteiger partial charge is 0.507 e. The number of aliphatic hydroxyl groups is 1. The van der Waals surface area contributed by atoms with Crippen molar-refractivity contribution in [1.82, 2.24) is 4.90 Å². The van der Waals surface area contributed by atoms with Gasteiger partial charge in [0.05, 0.1) is 25.8 Å². The van der Waals surface area contributed by atoms with Gasteiger partial charge < -0.3 is 19.5 Å². The molecule has 1 unspecified atom stereocenters. The van der Waals surface area contributed by atoms with Crippen LogP contribution >= 0.6 is 0 Å². The van der Waals surface area contributed by atoms with Gasteiger partial charge >= 0.3 is 0 Å². The molecular weight excluding hydrogens is 394 g/mol. The fraction of sp³-hybridized carbons (Fsp3) is 0.360. The standard InChI is InChI=1S/C25H29NO5/c1-6-7-12-26-22(17-8-10-18(30-4)11-9-17)21(24(28)25(26)29)23(27)19-13-16(3)20(31-5)14-15(19)2/h8-11,13-14,22,27H,6-7,12H2,1-5H3/b23-21+. The second-order valence-corrected chi connectivity index (χ2v) is 7.76. The van der Waals surface area contributed by atoms with E-state index in [-0.39, 0.29) is 11.3 Å². The first kappa shape index (κ1) is 22.4. The molecule has 0 spiro atoms. The number of carbonyl (C=O) groups is 2. The van der Waals surface area contributed by atoms with E-state index in [9.17, 15) is 14.7 Å². The minimum Gasteiger partial charge on any atom is -0.507 e. The van der Waals surface area contributed by atoms with Crippen LogP contribution < -0.4 is 9.47 Å². The van der Waals surface area contributed by atoms with Crippen molar-refractivity contribution in [2.75, 3.05) is 20.8 Å². The quantitative estimate of drug-likeness (QED) is 0.402. The van der Waals surface area contributed by atoms with Crippen LogP contribution in [0.1, 0.15) is 48.1 Å². The van der Waals surface area contributed by atoms with Gasteiger partial charge in [-0.2, -0.15) is 0 Å². The van der Waals surface area contributed by atoms with Gasteiger partial charge in [0.2, 0.25) is 0 Å². The molecule has 1 aliphatic rings. The lowest BCUT2D eigenvalue weighted by atomic mass is 9.93. The number of carbonyl (C=O) groups excluding carboxylic acids is 2. The van der Waals surface area contributed by atoms with E-state index in [0.29, 0.717) is 23.6 Å². The minimum atomic E-state index is -0.665. The number of nitrogens with zero attached hydrogens (tertiary/aromatic N) is 1. The Hall–Kier alpha value is -3.28. The minimum absolute atomic E-state index is 0.110. The highest BCUT2D eigenvalue weighted by atomic mass is 16.5. The molecule has 1 aliphatic heterocycles. The molecule has 1 saturated heterocycles. The maximum atomic E-state index is 13.1. The Balaban J connectivity index is 2.19. The van der Waals surface area contributed by atoms with E-state index in [1.165, 1.54) is 0 Å². The Morgan fingerprint density at radius 3 is 2.29 bits per heavy atom. The molecule has 1 heterocycles. The van der Waals surface area contributed by atoms with Crippen LogP contribution in [0.3, 0.4) is 0 Å². The monoisotopic (exact) mass is 423 g/mol. The summed E-state index contributed by atoms with van der Waals surface area (Å²) < 4.78 is 10.6. The smallest absolute Gasteiger partial charge is 0.295 e. The van der Waals surface area contributed by atoms with Crippen LogP contribution in [-0.4, -0.2) is 42.5 Å². The van der Waals surface area contributed by atoms with Gasteiger partial charge in [0.25, 0.3) is 11.7 Å². The summed E-state index contributed by atoms with van der Waals surface area (Å²) in [5.41, 5.74) is 2.97. The highest BCUT2D eigenvalue weighted by Crippen LogP contribution is 2.41. The number of ether oxygens (including phenoxy) is 2. The predicted octanol–water partition coefficient (Wildman–Crippen LogP) is 4.54. The first-order chi connectivity index (χ1) is 14.8. The summed E-state index contributed by atoms with van der Waals surface area (Å²) in [5, 5.41) is 11.3. The van der Waals surface area contributed by atoms with Crippen LogP contribution in [0.5, 0.6) is 11.5 Å². The summed E-state index contributed by atoms with van der Waals surface area (Å²) in [5.74, 6) is -0.0394. The molecular formula is C25H29NO5. The van der Waals surface area contributed by atoms with Gasteiger partial charge in [0.1, 0.15) is 17.3 Å². The molecule has 6 heteroatoms. The summed E-state index contributed by atoms with van der Waals surface area (Å²) in [6.45, 7) is 6.18. The van der Waals surface area contributed by atoms with Gasteiger partial charge in [0, 0.05) is 12.1 Å². The molecule has 0 aromatic heterocycles. The average Bonchev–Trinajstić information content (AvgIpc) is 3.03. The molecule has 1 atom stereocenters. The van der Waals surface area contributed by atoms with E-state index in [0.717, 1.165) is 29.5 Å². The molecule has 2 aromatic rings. The normalized spacial score (nSPS) is 17.8. The van der Waals surface area contributed by atoms with E-state index < -0.39 is 17.7 Å². The SMILES string of the molecule is CCCCN1C(=O)C(=O)/C(=C(/O)c2cc(C)c(OC)cc2C)C1c1ccc(OC)cc1. The van der Waals surface area contributed by atoms with Crippen LogP contribution in [0.15, 0.2) is 42.0 Å². The van der Waals surface area contributed by atoms with E-state index in [4.69, 9.17) is 9.47 Å². The average molecular weight is 424 g/mol. The van der Waals surface area contributed by atoms with Gasteiger partial charge in [-0.25, -0.2) is 0 Å². The first-order valence-electron chi connectivity index (χ1n) is 10.4. The molecule has 1 N–H and O–H groups in total. The number of hydrogen-bond acceptors (Lipinski definition) is 5. The number of aliphatic hydroxyl groups excluding tert-OH is 1. The van der Waals surface area contributed by atoms with Gasteiger partial charge in [-0.1, -0.05) is 25.5 Å². The predicted molar refractivity (Wildman–Crippen MR) is 119 cm³/mol. The molecule has 0 aliphatic carbocycles. The topological polar surface area (TPSA) is 76.1 Å². The Kier molecular flexibility index (Phi) is 6.68. The Morgan fingerprint density at radius 2 is 1.71 bits per heavy atom. The lowest BCUT2D eigenvalue weighted by Gasteiger charge is -2.25. The summed E-state index contributed by atoms with van der Waals surface area (Å²) >= 11 is 0. The third kappa shape index (κ3) is 4.15. The molecule has 3 rings (SSSR count). The van der Waals surface area contributed by atoms with E-state index >= 15 is 0 Å². The van der Waals surface area contributed by atoms with Crippen molar-refractivity contribution >= 4 is 17.4 Å². The van der Waals surface area contributed by atoms with Crippen LogP contribution in [0.2, 0.25) is 0 Å². The maximum Gasteiger partial charge on any atom is 0.295 e. The zero-order chi connectivity index (χ0) is 22.7. The molecule has 1 amide bonds. The van der Waals surface area contributed by atoms with Gasteiger partial charge in [0.15, 0.2) is 0 Å². The lowest BCUT2D eigenvalue weighted by molar-refractivity contribution is -0.139. The van der Waals surface area contributed by atoms with Crippen molar-refractivity contribution in [3.8, 4) is 11.5 Å². The molecule has 6 nitrogen and oxygen atoms in total. The van der Waals surface area contributed by atoms with Crippen LogP contribution in [0.4, 0.5) is 0 Å². The number of Topliss-reactive ketones (excluding diaryl/α,β-unsaturated/α-hetero) is 1. The number of amides is 1.